The van der Waals surface area contributed by atoms with Gasteiger partial charge in [0.2, 0.25) is 23.6 Å². The van der Waals surface area contributed by atoms with Gasteiger partial charge in [0, 0.05) is 69.7 Å². The molecule has 0 aliphatic heterocycles. The van der Waals surface area contributed by atoms with E-state index < -0.39 is 0 Å². The van der Waals surface area contributed by atoms with Gasteiger partial charge >= 0.3 is 0 Å². The van der Waals surface area contributed by atoms with E-state index in [0.717, 1.165) is 31.0 Å². The summed E-state index contributed by atoms with van der Waals surface area (Å²) in [7, 11) is 7.73. The van der Waals surface area contributed by atoms with E-state index in [-0.39, 0.29) is 36.5 Å². The minimum Gasteiger partial charge on any atom is -0.326 e. The molecule has 4 aromatic rings. The van der Waals surface area contributed by atoms with E-state index in [1.165, 1.54) is 23.5 Å². The molecule has 0 aliphatic rings. The zero-order chi connectivity index (χ0) is 36.6. The third-order valence-electron chi connectivity index (χ3n) is 7.39. The van der Waals surface area contributed by atoms with Crippen molar-refractivity contribution in [1.82, 2.24) is 9.80 Å². The Morgan fingerprint density at radius 2 is 0.882 bits per heavy atom. The molecular formula is C39H46N6O4S2. The number of nitrogens with zero attached hydrogens (tertiary/aromatic N) is 2. The highest BCUT2D eigenvalue weighted by Crippen LogP contribution is 2.36. The van der Waals surface area contributed by atoms with E-state index in [2.05, 4.69) is 21.3 Å². The third kappa shape index (κ3) is 14.3. The van der Waals surface area contributed by atoms with E-state index in [1.54, 1.807) is 0 Å². The number of hydrogen-bond donors (Lipinski definition) is 4. The molecule has 0 aromatic heterocycles. The van der Waals surface area contributed by atoms with Gasteiger partial charge in [0.25, 0.3) is 0 Å². The first kappa shape index (κ1) is 39.2. The number of anilines is 4. The van der Waals surface area contributed by atoms with Crippen molar-refractivity contribution >= 4 is 69.9 Å². The van der Waals surface area contributed by atoms with Crippen LogP contribution < -0.4 is 21.3 Å². The maximum absolute atomic E-state index is 12.8. The Labute approximate surface area is 309 Å². The fraction of sp³-hybridized carbons (Fsp3) is 0.282. The number of carbonyl (C=O) groups excluding carboxylic acids is 4. The van der Waals surface area contributed by atoms with Gasteiger partial charge in [0.15, 0.2) is 0 Å². The van der Waals surface area contributed by atoms with Crippen molar-refractivity contribution in [2.75, 3.05) is 62.5 Å². The normalized spacial score (nSPS) is 10.9. The molecule has 4 amide bonds. The largest absolute Gasteiger partial charge is 0.326 e. The van der Waals surface area contributed by atoms with Gasteiger partial charge in [-0.15, -0.1) is 0 Å². The number of nitrogens with one attached hydrogen (secondary N) is 4. The minimum absolute atomic E-state index is 0.0462. The first-order valence-corrected chi connectivity index (χ1v) is 18.4. The van der Waals surface area contributed by atoms with Crippen molar-refractivity contribution in [3.63, 3.8) is 0 Å². The Bertz CT molecular complexity index is 1670. The van der Waals surface area contributed by atoms with Gasteiger partial charge in [-0.2, -0.15) is 0 Å². The lowest BCUT2D eigenvalue weighted by Gasteiger charge is -2.13. The maximum atomic E-state index is 12.8. The topological polar surface area (TPSA) is 123 Å². The van der Waals surface area contributed by atoms with E-state index in [1.807, 2.05) is 135 Å². The number of benzene rings is 4. The smallest absolute Gasteiger partial charge is 0.225 e. The molecule has 0 fully saturated rings. The summed E-state index contributed by atoms with van der Waals surface area (Å²) in [5, 5.41) is 11.9. The van der Waals surface area contributed by atoms with Crippen LogP contribution in [0, 0.1) is 0 Å². The molecule has 0 heterocycles. The molecule has 4 rings (SSSR count). The van der Waals surface area contributed by atoms with Crippen molar-refractivity contribution in [2.45, 2.75) is 51.7 Å². The van der Waals surface area contributed by atoms with Gasteiger partial charge < -0.3 is 31.1 Å². The highest BCUT2D eigenvalue weighted by Gasteiger charge is 2.12. The van der Waals surface area contributed by atoms with E-state index in [9.17, 15) is 19.2 Å². The Hall–Kier alpha value is -4.62. The Balaban J connectivity index is 1.24. The van der Waals surface area contributed by atoms with Crippen LogP contribution in [0.3, 0.4) is 0 Å². The lowest BCUT2D eigenvalue weighted by molar-refractivity contribution is -0.118. The summed E-state index contributed by atoms with van der Waals surface area (Å²) < 4.78 is 0. The number of carbonyl (C=O) groups is 4. The van der Waals surface area contributed by atoms with Crippen LogP contribution in [0.15, 0.2) is 117 Å². The van der Waals surface area contributed by atoms with Crippen molar-refractivity contribution in [3.05, 3.63) is 97.1 Å². The first-order valence-electron chi connectivity index (χ1n) is 16.8. The van der Waals surface area contributed by atoms with Crippen molar-refractivity contribution in [2.24, 2.45) is 0 Å². The van der Waals surface area contributed by atoms with Gasteiger partial charge in [-0.3, -0.25) is 19.2 Å². The van der Waals surface area contributed by atoms with E-state index >= 15 is 0 Å². The molecule has 0 bridgehead atoms. The number of hydrogen-bond acceptors (Lipinski definition) is 8. The predicted octanol–water partition coefficient (Wildman–Crippen LogP) is 7.52. The van der Waals surface area contributed by atoms with Crippen LogP contribution in [-0.4, -0.2) is 74.7 Å². The first-order chi connectivity index (χ1) is 24.5. The number of para-hydroxylation sites is 2. The maximum Gasteiger partial charge on any atom is 0.225 e. The standard InChI is InChI=1S/C39H46N6O4S2/c1-44(2)24-22-38(48)42-32-16-5-7-18-34(32)50-30-14-9-12-28(26-30)40-36(46)20-11-21-37(47)41-29-13-10-15-31(27-29)51-35-19-8-6-17-33(35)43-39(49)23-25-45(3)4/h5-10,12-19,26-27H,11,20-25H2,1-4H3,(H,40,46)(H,41,47)(H,42,48)(H,43,49). The SMILES string of the molecule is CN(C)CCC(=O)Nc1ccccc1Sc1cccc(NC(=O)CCCC(=O)Nc2cccc(Sc3ccccc3NC(=O)CCN(C)C)c2)c1. The highest BCUT2D eigenvalue weighted by atomic mass is 32.2. The van der Waals surface area contributed by atoms with Crippen molar-refractivity contribution < 1.29 is 19.2 Å². The van der Waals surface area contributed by atoms with Crippen LogP contribution in [-0.2, 0) is 19.2 Å². The monoisotopic (exact) mass is 726 g/mol. The molecule has 4 aromatic carbocycles. The van der Waals surface area contributed by atoms with Gasteiger partial charge in [0.05, 0.1) is 11.4 Å². The average Bonchev–Trinajstić information content (AvgIpc) is 3.08. The second-order valence-corrected chi connectivity index (χ2v) is 14.6. The lowest BCUT2D eigenvalue weighted by atomic mass is 10.2. The summed E-state index contributed by atoms with van der Waals surface area (Å²) in [6.45, 7) is 1.33. The molecule has 51 heavy (non-hydrogen) atoms. The zero-order valence-corrected chi connectivity index (χ0v) is 31.2. The predicted molar refractivity (Wildman–Crippen MR) is 209 cm³/mol. The number of rotatable bonds is 18. The van der Waals surface area contributed by atoms with Gasteiger partial charge in [0.1, 0.15) is 0 Å². The summed E-state index contributed by atoms with van der Waals surface area (Å²) in [4.78, 5) is 57.9. The van der Waals surface area contributed by atoms with Crippen LogP contribution >= 0.6 is 23.5 Å². The molecule has 4 N–H and O–H groups in total. The summed E-state index contributed by atoms with van der Waals surface area (Å²) in [5.41, 5.74) is 2.80. The molecular weight excluding hydrogens is 681 g/mol. The molecule has 0 saturated carbocycles. The van der Waals surface area contributed by atoms with Crippen molar-refractivity contribution in [1.29, 1.82) is 0 Å². The van der Waals surface area contributed by atoms with E-state index in [0.29, 0.717) is 43.7 Å². The van der Waals surface area contributed by atoms with Gasteiger partial charge in [-0.1, -0.05) is 59.9 Å². The van der Waals surface area contributed by atoms with Crippen molar-refractivity contribution in [3.8, 4) is 0 Å². The summed E-state index contributed by atoms with van der Waals surface area (Å²) >= 11 is 3.00. The van der Waals surface area contributed by atoms with Crippen LogP contribution in [0.5, 0.6) is 0 Å². The molecule has 0 radical (unpaired) electrons. The molecule has 0 aliphatic carbocycles. The average molecular weight is 727 g/mol. The fourth-order valence-electron chi connectivity index (χ4n) is 4.78. The van der Waals surface area contributed by atoms with Crippen LogP contribution in [0.1, 0.15) is 32.1 Å². The molecule has 0 saturated heterocycles. The number of amides is 4. The molecule has 0 spiro atoms. The third-order valence-corrected chi connectivity index (χ3v) is 9.52. The van der Waals surface area contributed by atoms with Crippen LogP contribution in [0.25, 0.3) is 0 Å². The molecule has 0 unspecified atom stereocenters. The van der Waals surface area contributed by atoms with Gasteiger partial charge in [-0.25, -0.2) is 0 Å². The van der Waals surface area contributed by atoms with Crippen LogP contribution in [0.2, 0.25) is 0 Å². The fourth-order valence-corrected chi connectivity index (χ4v) is 6.70. The molecule has 268 valence electrons. The Morgan fingerprint density at radius 3 is 1.29 bits per heavy atom. The second kappa shape index (κ2) is 20.3. The Kier molecular flexibility index (Phi) is 15.6. The molecule has 10 nitrogen and oxygen atoms in total. The Morgan fingerprint density at radius 1 is 0.490 bits per heavy atom. The lowest BCUT2D eigenvalue weighted by Crippen LogP contribution is -2.21. The molecule has 0 atom stereocenters. The van der Waals surface area contributed by atoms with Gasteiger partial charge in [-0.05, 0) is 95.3 Å². The zero-order valence-electron chi connectivity index (χ0n) is 29.5. The molecule has 12 heteroatoms. The highest BCUT2D eigenvalue weighted by molar-refractivity contribution is 7.99. The summed E-state index contributed by atoms with van der Waals surface area (Å²) in [6.07, 6.45) is 1.58. The minimum atomic E-state index is -0.177. The summed E-state index contributed by atoms with van der Waals surface area (Å²) in [6, 6.07) is 30.4. The summed E-state index contributed by atoms with van der Waals surface area (Å²) in [5.74, 6) is -0.445. The quantitative estimate of drug-likeness (QED) is 0.0831. The van der Waals surface area contributed by atoms with Crippen LogP contribution in [0.4, 0.5) is 22.7 Å². The van der Waals surface area contributed by atoms with E-state index in [4.69, 9.17) is 0 Å². The second-order valence-electron chi connectivity index (χ2n) is 12.4.